The lowest BCUT2D eigenvalue weighted by Crippen LogP contribution is -2.48. The molecule has 0 unspecified atom stereocenters. The molecule has 0 radical (unpaired) electrons. The van der Waals surface area contributed by atoms with Gasteiger partial charge in [0, 0.05) is 24.0 Å². The van der Waals surface area contributed by atoms with Crippen LogP contribution in [-0.2, 0) is 16.0 Å². The first-order valence-electron chi connectivity index (χ1n) is 11.1. The van der Waals surface area contributed by atoms with Gasteiger partial charge in [-0.3, -0.25) is 10.2 Å². The minimum atomic E-state index is -0.575. The smallest absolute Gasteiger partial charge is 0.408 e. The highest BCUT2D eigenvalue weighted by atomic mass is 35.5. The number of hydrogen-bond donors (Lipinski definition) is 2. The molecule has 9 heteroatoms. The molecule has 0 aliphatic carbocycles. The Kier molecular flexibility index (Phi) is 7.11. The molecule has 0 bridgehead atoms. The number of furan rings is 1. The van der Waals surface area contributed by atoms with Crippen LogP contribution in [0.5, 0.6) is 0 Å². The number of ether oxygens (including phenoxy) is 2. The Labute approximate surface area is 203 Å². The van der Waals surface area contributed by atoms with Gasteiger partial charge in [-0.2, -0.15) is 0 Å². The van der Waals surface area contributed by atoms with Crippen LogP contribution < -0.4 is 10.7 Å². The second-order valence-corrected chi connectivity index (χ2v) is 9.47. The van der Waals surface area contributed by atoms with E-state index in [1.807, 2.05) is 35.3 Å². The van der Waals surface area contributed by atoms with Crippen molar-refractivity contribution in [3.8, 4) is 11.1 Å². The SMILES string of the molecule is CC(C)(C)OC(=O)NCc1cc2cc(-c3ccc(C(=O)NN4CCOCC4)cc3)cc(Cl)c2o1. The highest BCUT2D eigenvalue weighted by molar-refractivity contribution is 6.35. The number of rotatable bonds is 5. The van der Waals surface area contributed by atoms with Crippen molar-refractivity contribution in [1.82, 2.24) is 15.8 Å². The van der Waals surface area contributed by atoms with Crippen LogP contribution in [0.4, 0.5) is 4.79 Å². The van der Waals surface area contributed by atoms with Gasteiger partial charge < -0.3 is 19.2 Å². The van der Waals surface area contributed by atoms with Gasteiger partial charge in [0.2, 0.25) is 0 Å². The molecule has 4 rings (SSSR count). The summed E-state index contributed by atoms with van der Waals surface area (Å²) < 4.78 is 16.4. The van der Waals surface area contributed by atoms with Crippen LogP contribution >= 0.6 is 11.6 Å². The van der Waals surface area contributed by atoms with Gasteiger partial charge in [-0.1, -0.05) is 23.7 Å². The number of carbonyl (C=O) groups is 2. The van der Waals surface area contributed by atoms with E-state index in [0.29, 0.717) is 48.2 Å². The molecule has 1 aliphatic rings. The van der Waals surface area contributed by atoms with E-state index in [-0.39, 0.29) is 12.5 Å². The summed E-state index contributed by atoms with van der Waals surface area (Å²) >= 11 is 6.48. The Bertz CT molecular complexity index is 1180. The molecule has 3 aromatic rings. The molecular weight excluding hydrogens is 458 g/mol. The minimum Gasteiger partial charge on any atom is -0.458 e. The van der Waals surface area contributed by atoms with Crippen molar-refractivity contribution in [2.24, 2.45) is 0 Å². The van der Waals surface area contributed by atoms with E-state index in [9.17, 15) is 9.59 Å². The van der Waals surface area contributed by atoms with Crippen LogP contribution in [0.1, 0.15) is 36.9 Å². The fraction of sp³-hybridized carbons (Fsp3) is 0.360. The number of alkyl carbamates (subject to hydrolysis) is 1. The van der Waals surface area contributed by atoms with E-state index in [4.69, 9.17) is 25.5 Å². The molecule has 1 fully saturated rings. The third kappa shape index (κ3) is 6.08. The van der Waals surface area contributed by atoms with Gasteiger partial charge in [-0.05, 0) is 62.2 Å². The third-order valence-corrected chi connectivity index (χ3v) is 5.46. The summed E-state index contributed by atoms with van der Waals surface area (Å²) in [6.07, 6.45) is -0.516. The van der Waals surface area contributed by atoms with Crippen molar-refractivity contribution in [2.45, 2.75) is 32.9 Å². The lowest BCUT2D eigenvalue weighted by molar-refractivity contribution is 0.0126. The Morgan fingerprint density at radius 2 is 1.76 bits per heavy atom. The summed E-state index contributed by atoms with van der Waals surface area (Å²) in [5.41, 5.74) is 5.26. The number of halogens is 1. The largest absolute Gasteiger partial charge is 0.458 e. The molecule has 2 aromatic carbocycles. The molecule has 2 heterocycles. The molecule has 1 saturated heterocycles. The minimum absolute atomic E-state index is 0.154. The highest BCUT2D eigenvalue weighted by Gasteiger charge is 2.18. The number of hydrogen-bond acceptors (Lipinski definition) is 6. The van der Waals surface area contributed by atoms with E-state index in [2.05, 4.69) is 10.7 Å². The van der Waals surface area contributed by atoms with Crippen molar-refractivity contribution in [3.63, 3.8) is 0 Å². The predicted octanol–water partition coefficient (Wildman–Crippen LogP) is 4.75. The third-order valence-electron chi connectivity index (χ3n) is 5.18. The monoisotopic (exact) mass is 485 g/mol. The average Bonchev–Trinajstić information content (AvgIpc) is 3.21. The van der Waals surface area contributed by atoms with E-state index >= 15 is 0 Å². The quantitative estimate of drug-likeness (QED) is 0.541. The summed E-state index contributed by atoms with van der Waals surface area (Å²) in [5.74, 6) is 0.411. The zero-order valence-corrected chi connectivity index (χ0v) is 20.2. The van der Waals surface area contributed by atoms with Gasteiger partial charge in [-0.15, -0.1) is 0 Å². The van der Waals surface area contributed by atoms with Gasteiger partial charge in [0.1, 0.15) is 11.4 Å². The van der Waals surface area contributed by atoms with Crippen molar-refractivity contribution < 1.29 is 23.5 Å². The van der Waals surface area contributed by atoms with E-state index in [0.717, 1.165) is 16.5 Å². The number of carbonyl (C=O) groups excluding carboxylic acids is 2. The summed E-state index contributed by atoms with van der Waals surface area (Å²) in [6.45, 7) is 8.14. The standard InChI is InChI=1S/C25H28ClN3O5/c1-25(2,3)34-24(31)27-15-20-13-19-12-18(14-21(26)22(19)33-20)16-4-6-17(7-5-16)23(30)28-29-8-10-32-11-9-29/h4-7,12-14H,8-11,15H2,1-3H3,(H,27,31)(H,28,30). The number of morpholine rings is 1. The number of nitrogens with zero attached hydrogens (tertiary/aromatic N) is 1. The van der Waals surface area contributed by atoms with E-state index in [1.54, 1.807) is 32.9 Å². The van der Waals surface area contributed by atoms with Crippen molar-refractivity contribution in [2.75, 3.05) is 26.3 Å². The molecule has 1 aromatic heterocycles. The first-order valence-corrected chi connectivity index (χ1v) is 11.5. The maximum Gasteiger partial charge on any atom is 0.408 e. The van der Waals surface area contributed by atoms with Crippen LogP contribution in [0.3, 0.4) is 0 Å². The molecular formula is C25H28ClN3O5. The molecule has 1 aliphatic heterocycles. The first-order chi connectivity index (χ1) is 16.2. The second kappa shape index (κ2) is 10.0. The maximum absolute atomic E-state index is 12.5. The van der Waals surface area contributed by atoms with Gasteiger partial charge in [0.15, 0.2) is 5.58 Å². The van der Waals surface area contributed by atoms with E-state index < -0.39 is 11.7 Å². The lowest BCUT2D eigenvalue weighted by atomic mass is 10.0. The number of fused-ring (bicyclic) bond motifs is 1. The average molecular weight is 486 g/mol. The Balaban J connectivity index is 1.45. The molecule has 0 spiro atoms. The topological polar surface area (TPSA) is 93.0 Å². The van der Waals surface area contributed by atoms with Crippen molar-refractivity contribution in [1.29, 1.82) is 0 Å². The van der Waals surface area contributed by atoms with Crippen LogP contribution in [-0.4, -0.2) is 48.9 Å². The zero-order valence-electron chi connectivity index (χ0n) is 19.4. The molecule has 2 N–H and O–H groups in total. The predicted molar refractivity (Wildman–Crippen MR) is 130 cm³/mol. The molecule has 34 heavy (non-hydrogen) atoms. The zero-order chi connectivity index (χ0) is 24.3. The summed E-state index contributed by atoms with van der Waals surface area (Å²) in [5, 5.41) is 5.82. The number of amides is 2. The summed E-state index contributed by atoms with van der Waals surface area (Å²) in [6, 6.07) is 13.0. The Hall–Kier alpha value is -3.07. The fourth-order valence-electron chi connectivity index (χ4n) is 3.59. The Morgan fingerprint density at radius 1 is 1.06 bits per heavy atom. The van der Waals surface area contributed by atoms with Gasteiger partial charge >= 0.3 is 6.09 Å². The number of benzene rings is 2. The van der Waals surface area contributed by atoms with E-state index in [1.165, 1.54) is 0 Å². The van der Waals surface area contributed by atoms with Crippen LogP contribution in [0.25, 0.3) is 22.1 Å². The fourth-order valence-corrected chi connectivity index (χ4v) is 3.85. The summed E-state index contributed by atoms with van der Waals surface area (Å²) in [7, 11) is 0. The maximum atomic E-state index is 12.5. The van der Waals surface area contributed by atoms with Gasteiger partial charge in [0.05, 0.1) is 24.8 Å². The normalized spacial score (nSPS) is 14.7. The van der Waals surface area contributed by atoms with Crippen LogP contribution in [0.15, 0.2) is 46.9 Å². The molecule has 0 atom stereocenters. The molecule has 8 nitrogen and oxygen atoms in total. The molecule has 180 valence electrons. The van der Waals surface area contributed by atoms with Crippen molar-refractivity contribution in [3.05, 3.63) is 58.8 Å². The van der Waals surface area contributed by atoms with Crippen LogP contribution in [0.2, 0.25) is 5.02 Å². The molecule has 0 saturated carbocycles. The lowest BCUT2D eigenvalue weighted by Gasteiger charge is -2.26. The van der Waals surface area contributed by atoms with Gasteiger partial charge in [-0.25, -0.2) is 9.80 Å². The highest BCUT2D eigenvalue weighted by Crippen LogP contribution is 2.33. The van der Waals surface area contributed by atoms with Gasteiger partial charge in [0.25, 0.3) is 5.91 Å². The number of hydrazine groups is 1. The number of nitrogens with one attached hydrogen (secondary N) is 2. The Morgan fingerprint density at radius 3 is 2.44 bits per heavy atom. The second-order valence-electron chi connectivity index (χ2n) is 9.06. The first kappa shape index (κ1) is 24.1. The van der Waals surface area contributed by atoms with Crippen LogP contribution in [0, 0.1) is 0 Å². The molecule has 2 amide bonds. The summed E-state index contributed by atoms with van der Waals surface area (Å²) in [4.78, 5) is 24.4. The van der Waals surface area contributed by atoms with Crippen molar-refractivity contribution >= 4 is 34.6 Å².